The van der Waals surface area contributed by atoms with Gasteiger partial charge in [-0.25, -0.2) is 4.79 Å². The smallest absolute Gasteiger partial charge is 0.407 e. The molecular formula is C13H16N2O4. The fourth-order valence-corrected chi connectivity index (χ4v) is 1.96. The van der Waals surface area contributed by atoms with E-state index in [1.54, 1.807) is 0 Å². The van der Waals surface area contributed by atoms with Gasteiger partial charge in [-0.2, -0.15) is 0 Å². The van der Waals surface area contributed by atoms with E-state index in [4.69, 9.17) is 15.6 Å². The topological polar surface area (TPSA) is 102 Å². The zero-order chi connectivity index (χ0) is 13.9. The molecule has 1 saturated carbocycles. The molecule has 1 fully saturated rings. The monoisotopic (exact) mass is 264 g/mol. The first-order chi connectivity index (χ1) is 9.02. The van der Waals surface area contributed by atoms with Gasteiger partial charge in [0.1, 0.15) is 12.1 Å². The van der Waals surface area contributed by atoms with E-state index in [1.165, 1.54) is 0 Å². The molecule has 2 atom stereocenters. The van der Waals surface area contributed by atoms with Gasteiger partial charge in [-0.05, 0) is 18.4 Å². The number of rotatable bonds is 4. The zero-order valence-electron chi connectivity index (χ0n) is 10.3. The lowest BCUT2D eigenvalue weighted by atomic mass is 9.72. The van der Waals surface area contributed by atoms with Crippen molar-refractivity contribution in [3.05, 3.63) is 35.9 Å². The van der Waals surface area contributed by atoms with Gasteiger partial charge in [0.2, 0.25) is 0 Å². The lowest BCUT2D eigenvalue weighted by Gasteiger charge is -2.42. The van der Waals surface area contributed by atoms with Crippen LogP contribution in [0.1, 0.15) is 18.4 Å². The molecular weight excluding hydrogens is 248 g/mol. The fourth-order valence-electron chi connectivity index (χ4n) is 1.96. The minimum absolute atomic E-state index is 0.143. The van der Waals surface area contributed by atoms with Crippen molar-refractivity contribution in [2.24, 2.45) is 5.73 Å². The highest BCUT2D eigenvalue weighted by Crippen LogP contribution is 2.30. The average molecular weight is 264 g/mol. The number of carbonyl (C=O) groups is 2. The molecule has 0 aromatic heterocycles. The molecule has 1 aliphatic carbocycles. The maximum absolute atomic E-state index is 11.5. The molecule has 0 saturated heterocycles. The fraction of sp³-hybridized carbons (Fsp3) is 0.385. The molecule has 1 aliphatic rings. The summed E-state index contributed by atoms with van der Waals surface area (Å²) in [6.45, 7) is 0.143. The highest BCUT2D eigenvalue weighted by Gasteiger charge is 2.51. The van der Waals surface area contributed by atoms with E-state index in [2.05, 4.69) is 5.32 Å². The van der Waals surface area contributed by atoms with Crippen LogP contribution in [0.4, 0.5) is 4.79 Å². The van der Waals surface area contributed by atoms with Crippen LogP contribution in [-0.2, 0) is 16.1 Å². The predicted octanol–water partition coefficient (Wildman–Crippen LogP) is 0.857. The number of ether oxygens (including phenoxy) is 1. The third-order valence-corrected chi connectivity index (χ3v) is 3.37. The second-order valence-electron chi connectivity index (χ2n) is 4.64. The standard InChI is InChI=1S/C13H16N2O4/c14-13(11(16)17)7-6-10(13)15-12(18)19-8-9-4-2-1-3-5-9/h1-5,10H,6-8,14H2,(H,15,18)(H,16,17)/t10-,13-/m1/s1. The van der Waals surface area contributed by atoms with Gasteiger partial charge in [0.15, 0.2) is 0 Å². The van der Waals surface area contributed by atoms with Crippen molar-refractivity contribution < 1.29 is 19.4 Å². The summed E-state index contributed by atoms with van der Waals surface area (Å²) >= 11 is 0. The molecule has 0 radical (unpaired) electrons. The maximum atomic E-state index is 11.5. The molecule has 1 aromatic rings. The van der Waals surface area contributed by atoms with E-state index in [0.717, 1.165) is 5.56 Å². The third kappa shape index (κ3) is 2.85. The Labute approximate surface area is 110 Å². The van der Waals surface area contributed by atoms with Gasteiger partial charge in [-0.15, -0.1) is 0 Å². The highest BCUT2D eigenvalue weighted by atomic mass is 16.5. The molecule has 6 nitrogen and oxygen atoms in total. The van der Waals surface area contributed by atoms with Crippen molar-refractivity contribution in [1.82, 2.24) is 5.32 Å². The number of nitrogens with one attached hydrogen (secondary N) is 1. The van der Waals surface area contributed by atoms with Crippen LogP contribution in [0.2, 0.25) is 0 Å². The van der Waals surface area contributed by atoms with Crippen LogP contribution in [0, 0.1) is 0 Å². The number of nitrogens with two attached hydrogens (primary N) is 1. The van der Waals surface area contributed by atoms with E-state index in [1.807, 2.05) is 30.3 Å². The Morgan fingerprint density at radius 1 is 1.42 bits per heavy atom. The minimum Gasteiger partial charge on any atom is -0.480 e. The van der Waals surface area contributed by atoms with Crippen LogP contribution in [0.5, 0.6) is 0 Å². The van der Waals surface area contributed by atoms with Gasteiger partial charge in [-0.1, -0.05) is 30.3 Å². The summed E-state index contributed by atoms with van der Waals surface area (Å²) in [6.07, 6.45) is 0.250. The van der Waals surface area contributed by atoms with Gasteiger partial charge >= 0.3 is 12.1 Å². The minimum atomic E-state index is -1.37. The second kappa shape index (κ2) is 5.27. The number of hydrogen-bond acceptors (Lipinski definition) is 4. The number of benzene rings is 1. The molecule has 102 valence electrons. The normalized spacial score (nSPS) is 25.2. The van der Waals surface area contributed by atoms with Crippen molar-refractivity contribution >= 4 is 12.1 Å². The largest absolute Gasteiger partial charge is 0.480 e. The summed E-state index contributed by atoms with van der Waals surface area (Å²) in [5.74, 6) is -1.10. The van der Waals surface area contributed by atoms with Crippen molar-refractivity contribution in [2.75, 3.05) is 0 Å². The first kappa shape index (κ1) is 13.4. The Morgan fingerprint density at radius 3 is 2.63 bits per heavy atom. The number of carboxylic acid groups (broad SMARTS) is 1. The van der Waals surface area contributed by atoms with Crippen molar-refractivity contribution in [2.45, 2.75) is 31.0 Å². The van der Waals surface area contributed by atoms with E-state index in [9.17, 15) is 9.59 Å². The van der Waals surface area contributed by atoms with E-state index in [-0.39, 0.29) is 6.61 Å². The Balaban J connectivity index is 1.81. The van der Waals surface area contributed by atoms with Gasteiger partial charge in [0, 0.05) is 0 Å². The summed E-state index contributed by atoms with van der Waals surface area (Å²) in [5.41, 5.74) is 5.17. The average Bonchev–Trinajstić information content (AvgIpc) is 2.41. The van der Waals surface area contributed by atoms with Crippen LogP contribution >= 0.6 is 0 Å². The first-order valence-corrected chi connectivity index (χ1v) is 6.02. The molecule has 0 unspecified atom stereocenters. The summed E-state index contributed by atoms with van der Waals surface area (Å²) < 4.78 is 5.01. The Bertz CT molecular complexity index is 477. The van der Waals surface area contributed by atoms with E-state index in [0.29, 0.717) is 12.8 Å². The summed E-state index contributed by atoms with van der Waals surface area (Å²) in [7, 11) is 0. The zero-order valence-corrected chi connectivity index (χ0v) is 10.3. The molecule has 1 aromatic carbocycles. The molecule has 0 aliphatic heterocycles. The summed E-state index contributed by atoms with van der Waals surface area (Å²) in [5, 5.41) is 11.5. The number of hydrogen-bond donors (Lipinski definition) is 3. The van der Waals surface area contributed by atoms with Gasteiger partial charge in [0.05, 0.1) is 6.04 Å². The van der Waals surface area contributed by atoms with E-state index >= 15 is 0 Å². The molecule has 0 spiro atoms. The van der Waals surface area contributed by atoms with Crippen molar-refractivity contribution in [3.63, 3.8) is 0 Å². The van der Waals surface area contributed by atoms with Crippen LogP contribution < -0.4 is 11.1 Å². The molecule has 1 amide bonds. The molecule has 2 rings (SSSR count). The SMILES string of the molecule is N[C@]1(C(=O)O)CC[C@H]1NC(=O)OCc1ccccc1. The number of carbonyl (C=O) groups excluding carboxylic acids is 1. The number of amides is 1. The highest BCUT2D eigenvalue weighted by molar-refractivity contribution is 5.82. The Hall–Kier alpha value is -2.08. The van der Waals surface area contributed by atoms with Crippen molar-refractivity contribution in [1.29, 1.82) is 0 Å². The van der Waals surface area contributed by atoms with Crippen LogP contribution in [0.25, 0.3) is 0 Å². The number of alkyl carbamates (subject to hydrolysis) is 1. The third-order valence-electron chi connectivity index (χ3n) is 3.37. The van der Waals surface area contributed by atoms with Gasteiger partial charge < -0.3 is 20.9 Å². The molecule has 6 heteroatoms. The predicted molar refractivity (Wildman–Crippen MR) is 67.3 cm³/mol. The molecule has 0 bridgehead atoms. The maximum Gasteiger partial charge on any atom is 0.407 e. The van der Waals surface area contributed by atoms with Crippen LogP contribution in [-0.4, -0.2) is 28.7 Å². The van der Waals surface area contributed by atoms with Crippen molar-refractivity contribution in [3.8, 4) is 0 Å². The Morgan fingerprint density at radius 2 is 2.11 bits per heavy atom. The quantitative estimate of drug-likeness (QED) is 0.748. The lowest BCUT2D eigenvalue weighted by molar-refractivity contribution is -0.148. The lowest BCUT2D eigenvalue weighted by Crippen LogP contribution is -2.69. The number of aliphatic carboxylic acids is 1. The number of carboxylic acids is 1. The first-order valence-electron chi connectivity index (χ1n) is 6.02. The van der Waals surface area contributed by atoms with Crippen LogP contribution in [0.3, 0.4) is 0 Å². The molecule has 0 heterocycles. The van der Waals surface area contributed by atoms with Gasteiger partial charge in [0.25, 0.3) is 0 Å². The van der Waals surface area contributed by atoms with Crippen LogP contribution in [0.15, 0.2) is 30.3 Å². The second-order valence-corrected chi connectivity index (χ2v) is 4.64. The van der Waals surface area contributed by atoms with Gasteiger partial charge in [-0.3, -0.25) is 4.79 Å². The Kier molecular flexibility index (Phi) is 3.71. The summed E-state index contributed by atoms with van der Waals surface area (Å²) in [4.78, 5) is 22.5. The molecule has 4 N–H and O–H groups in total. The van der Waals surface area contributed by atoms with E-state index < -0.39 is 23.6 Å². The molecule has 19 heavy (non-hydrogen) atoms. The summed E-state index contributed by atoms with van der Waals surface area (Å²) in [6, 6.07) is 8.65.